The molecule has 0 radical (unpaired) electrons. The summed E-state index contributed by atoms with van der Waals surface area (Å²) in [5, 5.41) is 13.0. The van der Waals surface area contributed by atoms with Crippen molar-refractivity contribution in [3.63, 3.8) is 0 Å². The Hall–Kier alpha value is -4.44. The minimum absolute atomic E-state index is 0.0567. The van der Waals surface area contributed by atoms with E-state index < -0.39 is 0 Å². The van der Waals surface area contributed by atoms with Crippen molar-refractivity contribution < 1.29 is 9.53 Å². The monoisotopic (exact) mass is 509 g/mol. The van der Waals surface area contributed by atoms with Gasteiger partial charge in [-0.15, -0.1) is 11.3 Å². The van der Waals surface area contributed by atoms with Crippen LogP contribution in [0.3, 0.4) is 0 Å². The van der Waals surface area contributed by atoms with Crippen LogP contribution in [0.15, 0.2) is 61.3 Å². The predicted octanol–water partition coefficient (Wildman–Crippen LogP) is 5.32. The van der Waals surface area contributed by atoms with Gasteiger partial charge >= 0.3 is 0 Å². The molecule has 0 fully saturated rings. The van der Waals surface area contributed by atoms with Crippen LogP contribution in [0.25, 0.3) is 26.6 Å². The number of amides is 1. The zero-order valence-corrected chi connectivity index (χ0v) is 20.8. The molecule has 0 saturated heterocycles. The van der Waals surface area contributed by atoms with E-state index in [9.17, 15) is 4.79 Å². The quantitative estimate of drug-likeness (QED) is 0.290. The van der Waals surface area contributed by atoms with E-state index in [2.05, 4.69) is 30.7 Å². The molecule has 5 heterocycles. The van der Waals surface area contributed by atoms with Gasteiger partial charge in [-0.05, 0) is 61.2 Å². The van der Waals surface area contributed by atoms with Gasteiger partial charge in [0.1, 0.15) is 17.0 Å². The molecule has 10 heteroatoms. The molecule has 0 spiro atoms. The number of pyridine rings is 1. The number of fused-ring (bicyclic) bond motifs is 5. The second-order valence-corrected chi connectivity index (χ2v) is 10.3. The number of thiophene rings is 1. The third kappa shape index (κ3) is 3.77. The first-order chi connectivity index (χ1) is 18.2. The molecule has 1 aromatic carbocycles. The lowest BCUT2D eigenvalue weighted by Gasteiger charge is -2.22. The molecule has 5 aromatic heterocycles. The molecule has 0 aliphatic heterocycles. The Morgan fingerprint density at radius 1 is 1.22 bits per heavy atom. The van der Waals surface area contributed by atoms with E-state index in [1.165, 1.54) is 10.4 Å². The second-order valence-electron chi connectivity index (χ2n) is 9.20. The summed E-state index contributed by atoms with van der Waals surface area (Å²) in [6.07, 6.45) is 9.34. The van der Waals surface area contributed by atoms with Crippen molar-refractivity contribution in [2.24, 2.45) is 5.92 Å². The van der Waals surface area contributed by atoms with E-state index in [-0.39, 0.29) is 11.8 Å². The topological polar surface area (TPSA) is 109 Å². The van der Waals surface area contributed by atoms with Gasteiger partial charge in [0.15, 0.2) is 5.75 Å². The zero-order chi connectivity index (χ0) is 24.9. The minimum atomic E-state index is -0.0868. The molecule has 1 amide bonds. The van der Waals surface area contributed by atoms with Gasteiger partial charge in [-0.3, -0.25) is 4.79 Å². The summed E-state index contributed by atoms with van der Waals surface area (Å²) in [4.78, 5) is 27.6. The summed E-state index contributed by atoms with van der Waals surface area (Å²) < 4.78 is 7.37. The molecule has 1 unspecified atom stereocenters. The molecule has 7 rings (SSSR count). The first-order valence-electron chi connectivity index (χ1n) is 12.1. The Bertz CT molecular complexity index is 1800. The summed E-state index contributed by atoms with van der Waals surface area (Å²) in [6, 6.07) is 11.9. The number of aromatic amines is 1. The first kappa shape index (κ1) is 21.8. The lowest BCUT2D eigenvalue weighted by Crippen LogP contribution is -2.27. The Labute approximate surface area is 215 Å². The SMILES string of the molecule is COc1cn2nccc2cc1Nc1ncnc2sc3c(c12)CCC(C(=O)Nc1ccc2[nH]ccc2c1)C3. The fraction of sp³-hybridized carbons (Fsp3) is 0.185. The Morgan fingerprint density at radius 3 is 3.08 bits per heavy atom. The van der Waals surface area contributed by atoms with E-state index in [1.807, 2.05) is 48.8 Å². The number of carbonyl (C=O) groups is 1. The predicted molar refractivity (Wildman–Crippen MR) is 145 cm³/mol. The number of methoxy groups -OCH3 is 1. The Balaban J connectivity index is 1.17. The molecule has 184 valence electrons. The highest BCUT2D eigenvalue weighted by atomic mass is 32.1. The number of rotatable bonds is 5. The number of hydrogen-bond donors (Lipinski definition) is 3. The van der Waals surface area contributed by atoms with Crippen molar-refractivity contribution in [3.05, 3.63) is 71.8 Å². The lowest BCUT2D eigenvalue weighted by molar-refractivity contribution is -0.120. The van der Waals surface area contributed by atoms with Gasteiger partial charge in [0.05, 0.1) is 29.9 Å². The molecule has 37 heavy (non-hydrogen) atoms. The molecular weight excluding hydrogens is 486 g/mol. The summed E-state index contributed by atoms with van der Waals surface area (Å²) in [7, 11) is 1.64. The zero-order valence-electron chi connectivity index (χ0n) is 20.0. The molecule has 0 saturated carbocycles. The smallest absolute Gasteiger partial charge is 0.227 e. The number of nitrogens with zero attached hydrogens (tertiary/aromatic N) is 4. The van der Waals surface area contributed by atoms with E-state index in [4.69, 9.17) is 4.74 Å². The number of carbonyl (C=O) groups excluding carboxylic acids is 1. The van der Waals surface area contributed by atoms with E-state index >= 15 is 0 Å². The van der Waals surface area contributed by atoms with E-state index in [0.717, 1.165) is 56.7 Å². The van der Waals surface area contributed by atoms with Gasteiger partial charge in [0.25, 0.3) is 0 Å². The summed E-state index contributed by atoms with van der Waals surface area (Å²) >= 11 is 1.65. The fourth-order valence-electron chi connectivity index (χ4n) is 5.14. The third-order valence-electron chi connectivity index (χ3n) is 7.01. The van der Waals surface area contributed by atoms with Crippen molar-refractivity contribution in [1.82, 2.24) is 24.6 Å². The van der Waals surface area contributed by atoms with Gasteiger partial charge in [0.2, 0.25) is 5.91 Å². The van der Waals surface area contributed by atoms with Crippen LogP contribution in [0.2, 0.25) is 0 Å². The second kappa shape index (κ2) is 8.59. The van der Waals surface area contributed by atoms with Crippen molar-refractivity contribution in [1.29, 1.82) is 0 Å². The highest BCUT2D eigenvalue weighted by Crippen LogP contribution is 2.41. The molecule has 1 atom stereocenters. The number of benzene rings is 1. The number of nitrogens with one attached hydrogen (secondary N) is 3. The van der Waals surface area contributed by atoms with Gasteiger partial charge in [0, 0.05) is 39.8 Å². The van der Waals surface area contributed by atoms with Gasteiger partial charge in [-0.2, -0.15) is 5.10 Å². The number of hydrogen-bond acceptors (Lipinski definition) is 7. The van der Waals surface area contributed by atoms with Gasteiger partial charge in [-0.1, -0.05) is 0 Å². The molecule has 1 aliphatic rings. The van der Waals surface area contributed by atoms with E-state index in [0.29, 0.717) is 12.2 Å². The number of anilines is 3. The third-order valence-corrected chi connectivity index (χ3v) is 8.17. The largest absolute Gasteiger partial charge is 0.493 e. The molecule has 3 N–H and O–H groups in total. The summed E-state index contributed by atoms with van der Waals surface area (Å²) in [5.74, 6) is 1.38. The standard InChI is InChI=1S/C27H23N7O2S/c1-36-22-13-34-18(7-9-31-34)12-21(22)33-25-24-19-4-2-16(11-23(19)37-27(24)30-14-29-25)26(35)32-17-3-5-20-15(10-17)6-8-28-20/h3,5-10,12-14,16,28H,2,4,11H2,1H3,(H,32,35)(H,29,30,33). The van der Waals surface area contributed by atoms with Crippen LogP contribution in [-0.2, 0) is 17.6 Å². The normalized spacial score (nSPS) is 15.2. The van der Waals surface area contributed by atoms with Crippen molar-refractivity contribution >= 4 is 61.1 Å². The van der Waals surface area contributed by atoms with Crippen LogP contribution in [0, 0.1) is 5.92 Å². The summed E-state index contributed by atoms with van der Waals surface area (Å²) in [6.45, 7) is 0. The average Bonchev–Trinajstić information content (AvgIpc) is 3.65. The maximum Gasteiger partial charge on any atom is 0.227 e. The van der Waals surface area contributed by atoms with Gasteiger partial charge < -0.3 is 20.4 Å². The fourth-order valence-corrected chi connectivity index (χ4v) is 6.41. The highest BCUT2D eigenvalue weighted by Gasteiger charge is 2.29. The maximum absolute atomic E-state index is 13.2. The van der Waals surface area contributed by atoms with Crippen LogP contribution in [0.1, 0.15) is 16.9 Å². The van der Waals surface area contributed by atoms with E-state index in [1.54, 1.807) is 35.5 Å². The number of ether oxygens (including phenoxy) is 1. The van der Waals surface area contributed by atoms with Crippen LogP contribution in [0.4, 0.5) is 17.2 Å². The minimum Gasteiger partial charge on any atom is -0.493 e. The van der Waals surface area contributed by atoms with Crippen molar-refractivity contribution in [2.75, 3.05) is 17.7 Å². The molecule has 1 aliphatic carbocycles. The van der Waals surface area contributed by atoms with Crippen molar-refractivity contribution in [3.8, 4) is 5.75 Å². The highest BCUT2D eigenvalue weighted by molar-refractivity contribution is 7.19. The average molecular weight is 510 g/mol. The molecule has 0 bridgehead atoms. The maximum atomic E-state index is 13.2. The Morgan fingerprint density at radius 2 is 2.16 bits per heavy atom. The van der Waals surface area contributed by atoms with Crippen LogP contribution in [0.5, 0.6) is 5.75 Å². The van der Waals surface area contributed by atoms with Gasteiger partial charge in [-0.25, -0.2) is 14.5 Å². The molecular formula is C27H23N7O2S. The summed E-state index contributed by atoms with van der Waals surface area (Å²) in [5.41, 5.74) is 4.86. The first-order valence-corrected chi connectivity index (χ1v) is 12.9. The molecule has 9 nitrogen and oxygen atoms in total. The Kier molecular flexibility index (Phi) is 5.07. The number of H-pyrrole nitrogens is 1. The number of aromatic nitrogens is 5. The molecule has 6 aromatic rings. The lowest BCUT2D eigenvalue weighted by atomic mass is 9.87. The van der Waals surface area contributed by atoms with Crippen molar-refractivity contribution in [2.45, 2.75) is 19.3 Å². The van der Waals surface area contributed by atoms with Crippen LogP contribution in [-0.4, -0.2) is 37.6 Å². The van der Waals surface area contributed by atoms with Crippen LogP contribution >= 0.6 is 11.3 Å². The van der Waals surface area contributed by atoms with Crippen LogP contribution < -0.4 is 15.4 Å². The number of aryl methyl sites for hydroxylation is 1.